The number of nitrogens with zero attached hydrogens (tertiary/aromatic N) is 2. The molecule has 0 radical (unpaired) electrons. The minimum Gasteiger partial charge on any atom is -0.462 e. The second kappa shape index (κ2) is 9.27. The van der Waals surface area contributed by atoms with Gasteiger partial charge in [-0.1, -0.05) is 30.3 Å². The molecular weight excluding hydrogens is 356 g/mol. The quantitative estimate of drug-likeness (QED) is 0.613. The third-order valence-corrected chi connectivity index (χ3v) is 3.85. The van der Waals surface area contributed by atoms with Crippen LogP contribution < -0.4 is 10.6 Å². The summed E-state index contributed by atoms with van der Waals surface area (Å²) < 4.78 is 4.93. The van der Waals surface area contributed by atoms with Crippen LogP contribution in [0.2, 0.25) is 0 Å². The maximum atomic E-state index is 12.3. The number of ether oxygens (including phenoxy) is 1. The van der Waals surface area contributed by atoms with Crippen LogP contribution in [0.5, 0.6) is 0 Å². The summed E-state index contributed by atoms with van der Waals surface area (Å²) in [5.41, 5.74) is 2.29. The number of esters is 1. The second-order valence-electron chi connectivity index (χ2n) is 5.88. The van der Waals surface area contributed by atoms with Gasteiger partial charge in [-0.3, -0.25) is 4.79 Å². The number of rotatable bonds is 7. The Morgan fingerprint density at radius 2 is 1.71 bits per heavy atom. The number of hydrogen-bond donors (Lipinski definition) is 2. The molecule has 0 aliphatic heterocycles. The molecule has 0 bridgehead atoms. The first-order valence-electron chi connectivity index (χ1n) is 8.84. The van der Waals surface area contributed by atoms with Crippen LogP contribution in [0.15, 0.2) is 67.0 Å². The third-order valence-electron chi connectivity index (χ3n) is 3.85. The average molecular weight is 376 g/mol. The summed E-state index contributed by atoms with van der Waals surface area (Å²) in [6.07, 6.45) is 2.93. The van der Waals surface area contributed by atoms with E-state index in [-0.39, 0.29) is 11.6 Å². The fourth-order valence-electron chi connectivity index (χ4n) is 2.42. The second-order valence-corrected chi connectivity index (χ2v) is 5.88. The summed E-state index contributed by atoms with van der Waals surface area (Å²) in [7, 11) is 0. The number of carbonyl (C=O) groups is 2. The molecule has 1 aromatic heterocycles. The molecule has 0 aliphatic rings. The number of hydrogen-bond acceptors (Lipinski definition) is 6. The van der Waals surface area contributed by atoms with E-state index in [1.807, 2.05) is 30.3 Å². The van der Waals surface area contributed by atoms with Gasteiger partial charge in [-0.25, -0.2) is 14.8 Å². The fraction of sp³-hybridized carbons (Fsp3) is 0.143. The number of benzene rings is 2. The van der Waals surface area contributed by atoms with Crippen molar-refractivity contribution in [1.82, 2.24) is 9.97 Å². The van der Waals surface area contributed by atoms with Crippen LogP contribution in [0, 0.1) is 0 Å². The number of amides is 1. The minimum atomic E-state index is -0.398. The summed E-state index contributed by atoms with van der Waals surface area (Å²) in [6, 6.07) is 16.4. The van der Waals surface area contributed by atoms with E-state index in [1.54, 1.807) is 31.2 Å². The van der Waals surface area contributed by atoms with Crippen LogP contribution in [-0.4, -0.2) is 28.5 Å². The summed E-state index contributed by atoms with van der Waals surface area (Å²) in [5.74, 6) is -0.199. The van der Waals surface area contributed by atoms with Crippen molar-refractivity contribution in [1.29, 1.82) is 0 Å². The summed E-state index contributed by atoms with van der Waals surface area (Å²) >= 11 is 0. The Labute approximate surface area is 162 Å². The van der Waals surface area contributed by atoms with Gasteiger partial charge in [0, 0.05) is 12.2 Å². The molecule has 28 heavy (non-hydrogen) atoms. The molecule has 0 aliphatic carbocycles. The Morgan fingerprint density at radius 1 is 0.964 bits per heavy atom. The number of aromatic nitrogens is 2. The van der Waals surface area contributed by atoms with E-state index in [4.69, 9.17) is 4.74 Å². The zero-order chi connectivity index (χ0) is 19.8. The predicted molar refractivity (Wildman–Crippen MR) is 106 cm³/mol. The van der Waals surface area contributed by atoms with Crippen LogP contribution in [0.3, 0.4) is 0 Å². The lowest BCUT2D eigenvalue weighted by Gasteiger charge is -2.08. The topological polar surface area (TPSA) is 93.2 Å². The highest BCUT2D eigenvalue weighted by atomic mass is 16.5. The van der Waals surface area contributed by atoms with Crippen molar-refractivity contribution in [2.75, 3.05) is 17.2 Å². The van der Waals surface area contributed by atoms with Gasteiger partial charge < -0.3 is 15.4 Å². The highest BCUT2D eigenvalue weighted by Crippen LogP contribution is 2.12. The lowest BCUT2D eigenvalue weighted by Crippen LogP contribution is -2.14. The van der Waals surface area contributed by atoms with E-state index in [2.05, 4.69) is 20.6 Å². The Hall–Kier alpha value is -3.74. The van der Waals surface area contributed by atoms with Crippen molar-refractivity contribution < 1.29 is 14.3 Å². The van der Waals surface area contributed by atoms with Crippen molar-refractivity contribution >= 4 is 23.4 Å². The average Bonchev–Trinajstić information content (AvgIpc) is 2.74. The number of anilines is 2. The van der Waals surface area contributed by atoms with Crippen molar-refractivity contribution in [3.8, 4) is 0 Å². The number of nitrogens with one attached hydrogen (secondary N) is 2. The minimum absolute atomic E-state index is 0.194. The Kier molecular flexibility index (Phi) is 6.30. The van der Waals surface area contributed by atoms with Crippen LogP contribution in [0.1, 0.15) is 33.3 Å². The highest BCUT2D eigenvalue weighted by molar-refractivity contribution is 6.03. The van der Waals surface area contributed by atoms with Crippen molar-refractivity contribution in [3.63, 3.8) is 0 Å². The Morgan fingerprint density at radius 3 is 2.36 bits per heavy atom. The largest absolute Gasteiger partial charge is 0.462 e. The smallest absolute Gasteiger partial charge is 0.338 e. The molecule has 0 unspecified atom stereocenters. The Bertz CT molecular complexity index is 926. The molecule has 7 heteroatoms. The van der Waals surface area contributed by atoms with E-state index in [0.717, 1.165) is 5.56 Å². The lowest BCUT2D eigenvalue weighted by atomic mass is 10.2. The monoisotopic (exact) mass is 376 g/mol. The molecule has 142 valence electrons. The number of carbonyl (C=O) groups excluding carboxylic acids is 2. The van der Waals surface area contributed by atoms with E-state index in [9.17, 15) is 9.59 Å². The zero-order valence-electron chi connectivity index (χ0n) is 15.4. The molecule has 2 N–H and O–H groups in total. The standard InChI is InChI=1S/C21H20N4O3/c1-2-28-21(27)16-8-10-17(11-9-16)25-20(26)18-13-24-19(14-22-18)23-12-15-6-4-3-5-7-15/h3-11,13-14H,2,12H2,1H3,(H,23,24)(H,25,26). The van der Waals surface area contributed by atoms with Crippen LogP contribution in [0.25, 0.3) is 0 Å². The van der Waals surface area contributed by atoms with E-state index < -0.39 is 5.97 Å². The normalized spacial score (nSPS) is 10.2. The molecular formula is C21H20N4O3. The van der Waals surface area contributed by atoms with Gasteiger partial charge in [0.15, 0.2) is 0 Å². The molecule has 0 fully saturated rings. The highest BCUT2D eigenvalue weighted by Gasteiger charge is 2.10. The molecule has 0 spiro atoms. The van der Waals surface area contributed by atoms with Crippen molar-refractivity contribution in [2.45, 2.75) is 13.5 Å². The molecule has 3 aromatic rings. The molecule has 1 heterocycles. The third kappa shape index (κ3) is 5.14. The molecule has 0 saturated carbocycles. The summed E-state index contributed by atoms with van der Waals surface area (Å²) in [6.45, 7) is 2.68. The van der Waals surface area contributed by atoms with Gasteiger partial charge in [0.2, 0.25) is 0 Å². The summed E-state index contributed by atoms with van der Waals surface area (Å²) in [4.78, 5) is 32.3. The van der Waals surface area contributed by atoms with Gasteiger partial charge in [-0.2, -0.15) is 0 Å². The van der Waals surface area contributed by atoms with Gasteiger partial charge in [-0.05, 0) is 36.8 Å². The van der Waals surface area contributed by atoms with Crippen LogP contribution in [0.4, 0.5) is 11.5 Å². The zero-order valence-corrected chi connectivity index (χ0v) is 15.4. The molecule has 1 amide bonds. The van der Waals surface area contributed by atoms with E-state index in [0.29, 0.717) is 30.2 Å². The first-order valence-corrected chi connectivity index (χ1v) is 8.84. The maximum Gasteiger partial charge on any atom is 0.338 e. The SMILES string of the molecule is CCOC(=O)c1ccc(NC(=O)c2cnc(NCc3ccccc3)cn2)cc1. The first kappa shape index (κ1) is 19.0. The van der Waals surface area contributed by atoms with Crippen LogP contribution >= 0.6 is 0 Å². The van der Waals surface area contributed by atoms with Crippen LogP contribution in [-0.2, 0) is 11.3 Å². The summed E-state index contributed by atoms with van der Waals surface area (Å²) in [5, 5.41) is 5.87. The van der Waals surface area contributed by atoms with Crippen molar-refractivity contribution in [3.05, 3.63) is 83.8 Å². The van der Waals surface area contributed by atoms with Gasteiger partial charge in [0.05, 0.1) is 24.6 Å². The van der Waals surface area contributed by atoms with Crippen molar-refractivity contribution in [2.24, 2.45) is 0 Å². The van der Waals surface area contributed by atoms with Gasteiger partial charge in [0.1, 0.15) is 11.5 Å². The maximum absolute atomic E-state index is 12.3. The first-order chi connectivity index (χ1) is 13.7. The molecule has 3 rings (SSSR count). The fourth-order valence-corrected chi connectivity index (χ4v) is 2.42. The molecule has 2 aromatic carbocycles. The predicted octanol–water partition coefficient (Wildman–Crippen LogP) is 3.52. The van der Waals surface area contributed by atoms with Gasteiger partial charge >= 0.3 is 5.97 Å². The van der Waals surface area contributed by atoms with E-state index in [1.165, 1.54) is 12.4 Å². The van der Waals surface area contributed by atoms with E-state index >= 15 is 0 Å². The molecule has 0 saturated heterocycles. The molecule has 7 nitrogen and oxygen atoms in total. The van der Waals surface area contributed by atoms with Gasteiger partial charge in [0.25, 0.3) is 5.91 Å². The lowest BCUT2D eigenvalue weighted by molar-refractivity contribution is 0.0526. The molecule has 0 atom stereocenters. The van der Waals surface area contributed by atoms with Gasteiger partial charge in [-0.15, -0.1) is 0 Å². The Balaban J connectivity index is 1.56.